The second kappa shape index (κ2) is 22.0. The molecule has 0 bridgehead atoms. The van der Waals surface area contributed by atoms with Crippen molar-refractivity contribution >= 4 is 17.9 Å². The Labute approximate surface area is 232 Å². The van der Waals surface area contributed by atoms with E-state index < -0.39 is 40.5 Å². The van der Waals surface area contributed by atoms with Gasteiger partial charge in [0.05, 0.1) is 6.54 Å². The van der Waals surface area contributed by atoms with Crippen LogP contribution in [0, 0.1) is 0 Å². The van der Waals surface area contributed by atoms with Gasteiger partial charge in [-0.05, 0) is 38.5 Å². The summed E-state index contributed by atoms with van der Waals surface area (Å²) >= 11 is 0. The average molecular weight is 541 g/mol. The molecule has 0 saturated heterocycles. The summed E-state index contributed by atoms with van der Waals surface area (Å²) in [5, 5.41) is 30.0. The molecule has 0 rings (SSSR count). The molecule has 0 fully saturated rings. The fraction of sp³-hybridized carbons (Fsp3) is 0.839. The van der Waals surface area contributed by atoms with E-state index in [2.05, 4.69) is 19.1 Å². The van der Waals surface area contributed by atoms with Gasteiger partial charge in [-0.2, -0.15) is 0 Å². The van der Waals surface area contributed by atoms with Crippen molar-refractivity contribution in [3.63, 3.8) is 0 Å². The van der Waals surface area contributed by atoms with E-state index in [9.17, 15) is 29.7 Å². The van der Waals surface area contributed by atoms with Gasteiger partial charge in [0.2, 0.25) is 0 Å². The van der Waals surface area contributed by atoms with Crippen molar-refractivity contribution in [3.05, 3.63) is 12.2 Å². The normalized spacial score (nSPS) is 15.7. The first-order valence-corrected chi connectivity index (χ1v) is 15.4. The van der Waals surface area contributed by atoms with Crippen LogP contribution in [0.2, 0.25) is 0 Å². The number of aliphatic carboxylic acids is 3. The van der Waals surface area contributed by atoms with E-state index >= 15 is 0 Å². The molecule has 7 heteroatoms. The number of carboxylic acids is 3. The van der Waals surface area contributed by atoms with Gasteiger partial charge in [-0.15, -0.1) is 0 Å². The van der Waals surface area contributed by atoms with Crippen molar-refractivity contribution in [1.82, 2.24) is 0 Å². The fourth-order valence-electron chi connectivity index (χ4n) is 6.09. The maximum atomic E-state index is 12.2. The first kappa shape index (κ1) is 36.1. The summed E-state index contributed by atoms with van der Waals surface area (Å²) in [7, 11) is 0. The minimum atomic E-state index is -1.12. The lowest BCUT2D eigenvalue weighted by molar-refractivity contribution is -0.973. The monoisotopic (exact) mass is 540 g/mol. The van der Waals surface area contributed by atoms with Gasteiger partial charge < -0.3 is 15.3 Å². The van der Waals surface area contributed by atoms with Crippen LogP contribution in [0.1, 0.15) is 143 Å². The van der Waals surface area contributed by atoms with Gasteiger partial charge >= 0.3 is 17.9 Å². The zero-order valence-electron chi connectivity index (χ0n) is 24.8. The summed E-state index contributed by atoms with van der Waals surface area (Å²) in [4.78, 5) is 36.7. The Morgan fingerprint density at radius 1 is 0.526 bits per heavy atom. The van der Waals surface area contributed by atoms with Crippen LogP contribution in [0.25, 0.3) is 0 Å². The van der Waals surface area contributed by atoms with Crippen LogP contribution in [0.15, 0.2) is 12.2 Å². The van der Waals surface area contributed by atoms with Crippen molar-refractivity contribution in [3.8, 4) is 0 Å². The average Bonchev–Trinajstić information content (AvgIpc) is 2.86. The fourth-order valence-corrected chi connectivity index (χ4v) is 6.09. The molecule has 0 aromatic heterocycles. The third kappa shape index (κ3) is 12.8. The van der Waals surface area contributed by atoms with Crippen LogP contribution in [0.4, 0.5) is 0 Å². The van der Waals surface area contributed by atoms with E-state index in [1.54, 1.807) is 20.8 Å². The number of allylic oxidation sites excluding steroid dienone is 2. The summed E-state index contributed by atoms with van der Waals surface area (Å²) in [6, 6.07) is -3.18. The number of quaternary nitrogens is 1. The smallest absolute Gasteiger partial charge is 0.362 e. The van der Waals surface area contributed by atoms with Crippen LogP contribution < -0.4 is 0 Å². The van der Waals surface area contributed by atoms with Gasteiger partial charge in [-0.3, -0.25) is 4.48 Å². The number of rotatable bonds is 26. The van der Waals surface area contributed by atoms with Gasteiger partial charge in [0, 0.05) is 19.3 Å². The zero-order valence-corrected chi connectivity index (χ0v) is 24.8. The first-order valence-electron chi connectivity index (χ1n) is 15.4. The molecule has 0 aromatic carbocycles. The molecule has 0 aliphatic heterocycles. The Kier molecular flexibility index (Phi) is 20.9. The SMILES string of the molecule is CCCCC/C=C/CCCCCCCCCCCC[N+](C(CC)C(=O)O)(C(CC)C(=O)O)C(CC)C(=O)O. The lowest BCUT2D eigenvalue weighted by Crippen LogP contribution is -2.72. The summed E-state index contributed by atoms with van der Waals surface area (Å²) in [6.07, 6.45) is 22.6. The lowest BCUT2D eigenvalue weighted by atomic mass is 9.93. The molecule has 38 heavy (non-hydrogen) atoms. The van der Waals surface area contributed by atoms with Crippen LogP contribution in [-0.2, 0) is 14.4 Å². The Morgan fingerprint density at radius 3 is 1.16 bits per heavy atom. The van der Waals surface area contributed by atoms with Gasteiger partial charge in [-0.1, -0.05) is 97.6 Å². The summed E-state index contributed by atoms with van der Waals surface area (Å²) in [6.45, 7) is 7.62. The number of hydrogen-bond donors (Lipinski definition) is 3. The highest BCUT2D eigenvalue weighted by Crippen LogP contribution is 2.32. The van der Waals surface area contributed by atoms with Gasteiger partial charge in [0.1, 0.15) is 0 Å². The Balaban J connectivity index is 4.66. The Morgan fingerprint density at radius 2 is 0.842 bits per heavy atom. The molecule has 0 aliphatic rings. The summed E-state index contributed by atoms with van der Waals surface area (Å²) in [5.74, 6) is -3.35. The number of hydrogen-bond acceptors (Lipinski definition) is 3. The van der Waals surface area contributed by atoms with E-state index in [-0.39, 0.29) is 25.8 Å². The molecule has 0 heterocycles. The van der Waals surface area contributed by atoms with Gasteiger partial charge in [0.15, 0.2) is 18.1 Å². The molecule has 0 saturated carbocycles. The van der Waals surface area contributed by atoms with Gasteiger partial charge in [0.25, 0.3) is 0 Å². The van der Waals surface area contributed by atoms with E-state index in [4.69, 9.17) is 0 Å². The van der Waals surface area contributed by atoms with Crippen molar-refractivity contribution in [2.75, 3.05) is 6.54 Å². The Hall–Kier alpha value is -1.89. The van der Waals surface area contributed by atoms with Crippen LogP contribution in [-0.4, -0.2) is 62.4 Å². The molecule has 0 aliphatic carbocycles. The Bertz CT molecular complexity index is 622. The molecule has 0 amide bonds. The van der Waals surface area contributed by atoms with E-state index in [0.29, 0.717) is 6.42 Å². The predicted octanol–water partition coefficient (Wildman–Crippen LogP) is 7.82. The summed E-state index contributed by atoms with van der Waals surface area (Å²) in [5.41, 5.74) is 0. The maximum Gasteiger partial charge on any atom is 0.362 e. The summed E-state index contributed by atoms with van der Waals surface area (Å²) < 4.78 is -0.405. The first-order chi connectivity index (χ1) is 18.2. The molecule has 0 aromatic rings. The molecule has 7 nitrogen and oxygen atoms in total. The van der Waals surface area contributed by atoms with Crippen molar-refractivity contribution < 1.29 is 34.2 Å². The van der Waals surface area contributed by atoms with Crippen LogP contribution >= 0.6 is 0 Å². The second-order valence-corrected chi connectivity index (χ2v) is 10.8. The molecule has 0 spiro atoms. The number of unbranched alkanes of at least 4 members (excludes halogenated alkanes) is 13. The maximum absolute atomic E-state index is 12.2. The van der Waals surface area contributed by atoms with Crippen molar-refractivity contribution in [2.45, 2.75) is 161 Å². The molecule has 3 atom stereocenters. The van der Waals surface area contributed by atoms with Crippen LogP contribution in [0.3, 0.4) is 0 Å². The molecule has 222 valence electrons. The number of carboxylic acid groups (broad SMARTS) is 3. The van der Waals surface area contributed by atoms with Crippen molar-refractivity contribution in [2.24, 2.45) is 0 Å². The molecule has 0 radical (unpaired) electrons. The van der Waals surface area contributed by atoms with E-state index in [1.807, 2.05) is 0 Å². The van der Waals surface area contributed by atoms with E-state index in [0.717, 1.165) is 19.3 Å². The quantitative estimate of drug-likeness (QED) is 0.0586. The predicted molar refractivity (Wildman–Crippen MR) is 154 cm³/mol. The number of nitrogens with zero attached hydrogens (tertiary/aromatic N) is 1. The zero-order chi connectivity index (χ0) is 28.8. The topological polar surface area (TPSA) is 112 Å². The second-order valence-electron chi connectivity index (χ2n) is 10.8. The highest BCUT2D eigenvalue weighted by molar-refractivity contribution is 5.78. The van der Waals surface area contributed by atoms with Gasteiger partial charge in [-0.25, -0.2) is 14.4 Å². The minimum absolute atomic E-state index is 0.193. The minimum Gasteiger partial charge on any atom is -0.477 e. The van der Waals surface area contributed by atoms with Crippen LogP contribution in [0.5, 0.6) is 0 Å². The highest BCUT2D eigenvalue weighted by Gasteiger charge is 2.55. The standard InChI is InChI=1S/C31H57NO6/c1-5-9-10-11-12-13-14-15-16-17-18-19-20-21-22-23-24-25-32(26(6-2)29(33)34,27(7-3)30(35)36)28(8-4)31(37)38/h12-13,26-28H,5-11,14-25H2,1-4H3,(H2-,33,34,35,36,37,38)/p+1/b13-12+. The highest BCUT2D eigenvalue weighted by atomic mass is 16.4. The van der Waals surface area contributed by atoms with E-state index in [1.165, 1.54) is 70.6 Å². The molecule has 3 N–H and O–H groups in total. The molecule has 3 unspecified atom stereocenters. The molecular formula is C31H58NO6+. The third-order valence-electron chi connectivity index (χ3n) is 8.06. The number of carbonyl (C=O) groups is 3. The molecular weight excluding hydrogens is 482 g/mol. The largest absolute Gasteiger partial charge is 0.477 e. The van der Waals surface area contributed by atoms with Crippen molar-refractivity contribution in [1.29, 1.82) is 0 Å². The lowest BCUT2D eigenvalue weighted by Gasteiger charge is -2.49. The third-order valence-corrected chi connectivity index (χ3v) is 8.06.